The van der Waals surface area contributed by atoms with E-state index in [0.717, 1.165) is 16.8 Å². The molecule has 1 aliphatic heterocycles. The van der Waals surface area contributed by atoms with Crippen molar-refractivity contribution in [3.05, 3.63) is 36.4 Å². The van der Waals surface area contributed by atoms with E-state index in [9.17, 15) is 4.79 Å². The molecule has 0 aliphatic carbocycles. The Kier molecular flexibility index (Phi) is 3.42. The Hall–Kier alpha value is -2.10. The number of nitrogens with zero attached hydrogens (tertiary/aromatic N) is 1. The van der Waals surface area contributed by atoms with Crippen LogP contribution in [0.4, 0.5) is 5.69 Å². The number of hydrogen-bond donors (Lipinski definition) is 1. The summed E-state index contributed by atoms with van der Waals surface area (Å²) in [5, 5.41) is 4.22. The van der Waals surface area contributed by atoms with Gasteiger partial charge in [-0.15, -0.1) is 0 Å². The van der Waals surface area contributed by atoms with Gasteiger partial charge in [-0.3, -0.25) is 5.43 Å². The molecule has 19 heavy (non-hydrogen) atoms. The highest BCUT2D eigenvalue weighted by Crippen LogP contribution is 2.40. The monoisotopic (exact) mass is 258 g/mol. The van der Waals surface area contributed by atoms with Crippen LogP contribution in [0.3, 0.4) is 0 Å². The number of carbonyl (C=O) groups is 1. The van der Waals surface area contributed by atoms with E-state index in [4.69, 9.17) is 4.74 Å². The van der Waals surface area contributed by atoms with Crippen LogP contribution in [-0.4, -0.2) is 18.3 Å². The molecule has 1 aliphatic rings. The second kappa shape index (κ2) is 4.88. The predicted molar refractivity (Wildman–Crippen MR) is 76.9 cm³/mol. The predicted octanol–water partition coefficient (Wildman–Crippen LogP) is 3.07. The third-order valence-electron chi connectivity index (χ3n) is 3.36. The van der Waals surface area contributed by atoms with Gasteiger partial charge in [0, 0.05) is 11.0 Å². The number of carbonyl (C=O) groups excluding carboxylic acids is 1. The number of hydrazone groups is 1. The number of allylic oxidation sites excluding steroid dienone is 1. The van der Waals surface area contributed by atoms with Crippen molar-refractivity contribution in [1.82, 2.24) is 0 Å². The lowest BCUT2D eigenvalue weighted by molar-refractivity contribution is -0.135. The highest BCUT2D eigenvalue weighted by Gasteiger charge is 2.37. The Morgan fingerprint density at radius 2 is 2.11 bits per heavy atom. The fraction of sp³-hybridized carbons (Fsp3) is 0.333. The minimum atomic E-state index is -0.578. The number of esters is 1. The quantitative estimate of drug-likeness (QED) is 0.829. The van der Waals surface area contributed by atoms with Crippen LogP contribution in [0.25, 0.3) is 5.57 Å². The van der Waals surface area contributed by atoms with Crippen LogP contribution >= 0.6 is 0 Å². The Labute approximate surface area is 113 Å². The minimum Gasteiger partial charge on any atom is -0.461 e. The Morgan fingerprint density at radius 3 is 2.79 bits per heavy atom. The maximum Gasteiger partial charge on any atom is 0.355 e. The molecule has 1 aromatic carbocycles. The van der Waals surface area contributed by atoms with E-state index in [1.165, 1.54) is 0 Å². The molecular weight excluding hydrogens is 240 g/mol. The van der Waals surface area contributed by atoms with E-state index in [1.807, 2.05) is 38.1 Å². The van der Waals surface area contributed by atoms with Crippen LogP contribution in [0.15, 0.2) is 35.9 Å². The van der Waals surface area contributed by atoms with Gasteiger partial charge in [-0.25, -0.2) is 4.79 Å². The highest BCUT2D eigenvalue weighted by molar-refractivity contribution is 6.41. The first-order valence-corrected chi connectivity index (χ1v) is 6.28. The first-order chi connectivity index (χ1) is 8.98. The third-order valence-corrected chi connectivity index (χ3v) is 3.36. The molecular formula is C15H18N2O2. The normalized spacial score (nSPS) is 16.8. The van der Waals surface area contributed by atoms with Crippen molar-refractivity contribution in [2.24, 2.45) is 10.5 Å². The summed E-state index contributed by atoms with van der Waals surface area (Å²) in [5.41, 5.74) is 5.35. The first-order valence-electron chi connectivity index (χ1n) is 6.28. The van der Waals surface area contributed by atoms with Crippen molar-refractivity contribution in [2.75, 3.05) is 12.0 Å². The Morgan fingerprint density at radius 1 is 1.42 bits per heavy atom. The van der Waals surface area contributed by atoms with Crippen molar-refractivity contribution in [2.45, 2.75) is 20.8 Å². The molecule has 0 unspecified atom stereocenters. The van der Waals surface area contributed by atoms with Crippen molar-refractivity contribution in [1.29, 1.82) is 0 Å². The van der Waals surface area contributed by atoms with E-state index in [-0.39, 0.29) is 0 Å². The van der Waals surface area contributed by atoms with Crippen LogP contribution in [0, 0.1) is 5.41 Å². The van der Waals surface area contributed by atoms with Gasteiger partial charge in [0.1, 0.15) is 0 Å². The van der Waals surface area contributed by atoms with E-state index in [2.05, 4.69) is 17.1 Å². The van der Waals surface area contributed by atoms with Gasteiger partial charge in [-0.05, 0) is 32.4 Å². The first kappa shape index (κ1) is 13.3. The summed E-state index contributed by atoms with van der Waals surface area (Å²) in [4.78, 5) is 12.0. The van der Waals surface area contributed by atoms with Crippen LogP contribution in [0.2, 0.25) is 0 Å². The summed E-state index contributed by atoms with van der Waals surface area (Å²) < 4.78 is 5.07. The molecule has 4 nitrogen and oxygen atoms in total. The molecule has 0 aromatic heterocycles. The summed E-state index contributed by atoms with van der Waals surface area (Å²) in [7, 11) is 0. The van der Waals surface area contributed by atoms with Crippen molar-refractivity contribution in [3.8, 4) is 0 Å². The van der Waals surface area contributed by atoms with Crippen LogP contribution < -0.4 is 5.43 Å². The molecule has 1 N–H and O–H groups in total. The molecule has 0 fully saturated rings. The van der Waals surface area contributed by atoms with Gasteiger partial charge in [0.05, 0.1) is 12.3 Å². The number of anilines is 1. The molecule has 0 saturated carbocycles. The van der Waals surface area contributed by atoms with Gasteiger partial charge in [-0.1, -0.05) is 24.8 Å². The Bertz CT molecular complexity index is 559. The molecule has 0 amide bonds. The number of para-hydroxylation sites is 1. The van der Waals surface area contributed by atoms with Gasteiger partial charge < -0.3 is 4.74 Å². The van der Waals surface area contributed by atoms with Gasteiger partial charge in [-0.2, -0.15) is 5.10 Å². The smallest absolute Gasteiger partial charge is 0.355 e. The summed E-state index contributed by atoms with van der Waals surface area (Å²) >= 11 is 0. The zero-order valence-corrected chi connectivity index (χ0v) is 11.5. The van der Waals surface area contributed by atoms with Crippen molar-refractivity contribution >= 4 is 22.9 Å². The van der Waals surface area contributed by atoms with Gasteiger partial charge in [0.2, 0.25) is 0 Å². The maximum absolute atomic E-state index is 12.0. The number of rotatable bonds is 2. The average Bonchev–Trinajstić information content (AvgIpc) is 2.47. The van der Waals surface area contributed by atoms with Gasteiger partial charge in [0.15, 0.2) is 5.71 Å². The number of fused-ring (bicyclic) bond motifs is 1. The molecule has 0 atom stereocenters. The molecule has 0 bridgehead atoms. The minimum absolute atomic E-state index is 0.327. The van der Waals surface area contributed by atoms with Gasteiger partial charge >= 0.3 is 5.97 Å². The molecule has 4 heteroatoms. The fourth-order valence-electron chi connectivity index (χ4n) is 2.08. The summed E-state index contributed by atoms with van der Waals surface area (Å²) in [6.45, 7) is 10.1. The number of benzene rings is 1. The summed E-state index contributed by atoms with van der Waals surface area (Å²) in [5.74, 6) is -0.408. The van der Waals surface area contributed by atoms with Crippen LogP contribution in [0.1, 0.15) is 26.3 Å². The molecule has 100 valence electrons. The van der Waals surface area contributed by atoms with Crippen LogP contribution in [-0.2, 0) is 9.53 Å². The lowest BCUT2D eigenvalue weighted by Crippen LogP contribution is -2.33. The van der Waals surface area contributed by atoms with E-state index >= 15 is 0 Å². The van der Waals surface area contributed by atoms with Crippen molar-refractivity contribution in [3.63, 3.8) is 0 Å². The second-order valence-corrected chi connectivity index (χ2v) is 4.94. The molecule has 0 spiro atoms. The zero-order valence-electron chi connectivity index (χ0n) is 11.5. The van der Waals surface area contributed by atoms with Crippen molar-refractivity contribution < 1.29 is 9.53 Å². The largest absolute Gasteiger partial charge is 0.461 e. The molecule has 1 heterocycles. The number of nitrogens with one attached hydrogen (secondary N) is 1. The lowest BCUT2D eigenvalue weighted by Gasteiger charge is -2.26. The standard InChI is InChI=1S/C15H18N2O2/c1-5-19-14(18)13-15(3,4)10(2)11-8-6-7-9-12(11)16-17-13/h6-9,16H,2,5H2,1,3-4H3. The lowest BCUT2D eigenvalue weighted by atomic mass is 9.77. The van der Waals surface area contributed by atoms with E-state index in [1.54, 1.807) is 6.92 Å². The summed E-state index contributed by atoms with van der Waals surface area (Å²) in [6, 6.07) is 7.73. The SMILES string of the molecule is C=C1c2ccccc2NN=C(C(=O)OCC)C1(C)C. The maximum atomic E-state index is 12.0. The highest BCUT2D eigenvalue weighted by atomic mass is 16.5. The van der Waals surface area contributed by atoms with E-state index in [0.29, 0.717) is 12.3 Å². The fourth-order valence-corrected chi connectivity index (χ4v) is 2.08. The number of hydrogen-bond acceptors (Lipinski definition) is 4. The second-order valence-electron chi connectivity index (χ2n) is 4.94. The third kappa shape index (κ3) is 2.26. The van der Waals surface area contributed by atoms with Gasteiger partial charge in [0.25, 0.3) is 0 Å². The topological polar surface area (TPSA) is 50.7 Å². The summed E-state index contributed by atoms with van der Waals surface area (Å²) in [6.07, 6.45) is 0. The number of ether oxygens (including phenoxy) is 1. The molecule has 2 rings (SSSR count). The average molecular weight is 258 g/mol. The zero-order chi connectivity index (χ0) is 14.0. The molecule has 1 aromatic rings. The van der Waals surface area contributed by atoms with Crippen LogP contribution in [0.5, 0.6) is 0 Å². The van der Waals surface area contributed by atoms with E-state index < -0.39 is 11.4 Å². The molecule has 0 radical (unpaired) electrons. The Balaban J connectivity index is 2.49. The molecule has 0 saturated heterocycles.